The minimum absolute atomic E-state index is 0.240. The molecule has 1 saturated heterocycles. The van der Waals surface area contributed by atoms with Crippen molar-refractivity contribution in [2.75, 3.05) is 23.7 Å². The zero-order chi connectivity index (χ0) is 19.8. The van der Waals surface area contributed by atoms with Gasteiger partial charge in [0.15, 0.2) is 5.76 Å². The minimum atomic E-state index is -0.277. The van der Waals surface area contributed by atoms with Crippen molar-refractivity contribution >= 4 is 22.5 Å². The quantitative estimate of drug-likeness (QED) is 0.555. The average Bonchev–Trinajstić information content (AvgIpc) is 3.17. The van der Waals surface area contributed by atoms with Gasteiger partial charge in [-0.15, -0.1) is 0 Å². The summed E-state index contributed by atoms with van der Waals surface area (Å²) < 4.78 is 5.70. The van der Waals surface area contributed by atoms with Gasteiger partial charge in [-0.1, -0.05) is 23.4 Å². The molecule has 1 fully saturated rings. The van der Waals surface area contributed by atoms with Gasteiger partial charge < -0.3 is 20.3 Å². The Kier molecular flexibility index (Phi) is 4.37. The number of aromatic nitrogens is 3. The first-order valence-corrected chi connectivity index (χ1v) is 9.69. The van der Waals surface area contributed by atoms with Gasteiger partial charge in [0, 0.05) is 36.1 Å². The number of rotatable bonds is 3. The van der Waals surface area contributed by atoms with Crippen molar-refractivity contribution in [2.24, 2.45) is 0 Å². The summed E-state index contributed by atoms with van der Waals surface area (Å²) in [5.41, 5.74) is 10.2. The van der Waals surface area contributed by atoms with Crippen LogP contribution in [0.4, 0.5) is 11.6 Å². The molecule has 4 aromatic rings. The largest absolute Gasteiger partial charge is 0.391 e. The summed E-state index contributed by atoms with van der Waals surface area (Å²) in [6, 6.07) is 15.9. The molecule has 146 valence electrons. The van der Waals surface area contributed by atoms with E-state index in [0.29, 0.717) is 12.3 Å². The Bertz CT molecular complexity index is 1170. The maximum Gasteiger partial charge on any atom is 0.220 e. The van der Waals surface area contributed by atoms with E-state index >= 15 is 0 Å². The molecule has 0 bridgehead atoms. The molecule has 7 heteroatoms. The maximum absolute atomic E-state index is 10.0. The van der Waals surface area contributed by atoms with Crippen LogP contribution in [0.2, 0.25) is 0 Å². The van der Waals surface area contributed by atoms with Crippen molar-refractivity contribution in [1.82, 2.24) is 15.1 Å². The molecule has 0 amide bonds. The predicted molar refractivity (Wildman–Crippen MR) is 112 cm³/mol. The molecule has 3 N–H and O–H groups in total. The highest BCUT2D eigenvalue weighted by Crippen LogP contribution is 2.34. The summed E-state index contributed by atoms with van der Waals surface area (Å²) >= 11 is 0. The fourth-order valence-corrected chi connectivity index (χ4v) is 3.88. The summed E-state index contributed by atoms with van der Waals surface area (Å²) in [7, 11) is 0. The SMILES string of the molecule is Nc1nccc(-c2ccc3noc(-c4cccc(N5CCCC(O)C5)c4)c3c2)n1. The van der Waals surface area contributed by atoms with Crippen molar-refractivity contribution in [2.45, 2.75) is 18.9 Å². The number of nitrogen functional groups attached to an aromatic ring is 1. The third-order valence-electron chi connectivity index (χ3n) is 5.32. The van der Waals surface area contributed by atoms with Crippen molar-refractivity contribution < 1.29 is 9.63 Å². The van der Waals surface area contributed by atoms with Gasteiger partial charge in [0.05, 0.1) is 17.2 Å². The summed E-state index contributed by atoms with van der Waals surface area (Å²) in [5, 5.41) is 15.1. The van der Waals surface area contributed by atoms with E-state index in [-0.39, 0.29) is 12.1 Å². The summed E-state index contributed by atoms with van der Waals surface area (Å²) in [6.07, 6.45) is 3.22. The number of piperidine rings is 1. The highest BCUT2D eigenvalue weighted by atomic mass is 16.5. The lowest BCUT2D eigenvalue weighted by Gasteiger charge is -2.32. The van der Waals surface area contributed by atoms with E-state index in [0.717, 1.165) is 52.8 Å². The summed E-state index contributed by atoms with van der Waals surface area (Å²) in [6.45, 7) is 1.59. The van der Waals surface area contributed by atoms with Crippen LogP contribution in [0.15, 0.2) is 59.3 Å². The molecule has 7 nitrogen and oxygen atoms in total. The number of aliphatic hydroxyl groups is 1. The van der Waals surface area contributed by atoms with Crippen LogP contribution in [0.1, 0.15) is 12.8 Å². The molecule has 1 atom stereocenters. The highest BCUT2D eigenvalue weighted by Gasteiger charge is 2.19. The van der Waals surface area contributed by atoms with Crippen LogP contribution in [0, 0.1) is 0 Å². The molecule has 0 aliphatic carbocycles. The lowest BCUT2D eigenvalue weighted by molar-refractivity contribution is 0.154. The molecule has 0 radical (unpaired) electrons. The molecule has 1 unspecified atom stereocenters. The summed E-state index contributed by atoms with van der Waals surface area (Å²) in [4.78, 5) is 10.5. The highest BCUT2D eigenvalue weighted by molar-refractivity contribution is 5.94. The van der Waals surface area contributed by atoms with Gasteiger partial charge in [0.2, 0.25) is 5.95 Å². The van der Waals surface area contributed by atoms with Gasteiger partial charge in [0.25, 0.3) is 0 Å². The number of benzene rings is 2. The lowest BCUT2D eigenvalue weighted by atomic mass is 10.0. The van der Waals surface area contributed by atoms with E-state index in [1.165, 1.54) is 0 Å². The molecule has 2 aromatic carbocycles. The number of β-amino-alcohol motifs (C(OH)–C–C–N with tert-alkyl or cyclic N) is 1. The van der Waals surface area contributed by atoms with Crippen LogP contribution >= 0.6 is 0 Å². The Labute approximate surface area is 167 Å². The maximum atomic E-state index is 10.0. The third-order valence-corrected chi connectivity index (χ3v) is 5.32. The number of hydrogen-bond acceptors (Lipinski definition) is 7. The normalized spacial score (nSPS) is 17.0. The molecule has 0 saturated carbocycles. The minimum Gasteiger partial charge on any atom is -0.391 e. The van der Waals surface area contributed by atoms with Gasteiger partial charge in [-0.2, -0.15) is 0 Å². The number of fused-ring (bicyclic) bond motifs is 1. The van der Waals surface area contributed by atoms with E-state index in [1.54, 1.807) is 6.20 Å². The van der Waals surface area contributed by atoms with E-state index < -0.39 is 0 Å². The number of nitrogens with two attached hydrogens (primary N) is 1. The standard InChI is InChI=1S/C22H21N5O2/c23-22-24-9-8-19(25-22)14-6-7-20-18(12-14)21(29-26-20)15-3-1-4-16(11-15)27-10-2-5-17(28)13-27/h1,3-4,6-9,11-12,17,28H,2,5,10,13H2,(H2,23,24,25). The topological polar surface area (TPSA) is 101 Å². The third kappa shape index (κ3) is 3.40. The Morgan fingerprint density at radius 2 is 2.03 bits per heavy atom. The van der Waals surface area contributed by atoms with Gasteiger partial charge in [-0.3, -0.25) is 0 Å². The van der Waals surface area contributed by atoms with Crippen LogP contribution in [-0.2, 0) is 0 Å². The van der Waals surface area contributed by atoms with Gasteiger partial charge in [-0.25, -0.2) is 9.97 Å². The molecule has 2 aromatic heterocycles. The zero-order valence-corrected chi connectivity index (χ0v) is 15.8. The Hall–Kier alpha value is -3.45. The van der Waals surface area contributed by atoms with Crippen LogP contribution in [0.25, 0.3) is 33.5 Å². The summed E-state index contributed by atoms with van der Waals surface area (Å²) in [5.74, 6) is 0.952. The zero-order valence-electron chi connectivity index (χ0n) is 15.8. The van der Waals surface area contributed by atoms with Crippen molar-refractivity contribution in [3.63, 3.8) is 0 Å². The fraction of sp³-hybridized carbons (Fsp3) is 0.227. The average molecular weight is 387 g/mol. The molecular weight excluding hydrogens is 366 g/mol. The first kappa shape index (κ1) is 17.6. The number of nitrogens with zero attached hydrogens (tertiary/aromatic N) is 4. The van der Waals surface area contributed by atoms with Crippen molar-refractivity contribution in [1.29, 1.82) is 0 Å². The number of hydrogen-bond donors (Lipinski definition) is 2. The Balaban J connectivity index is 1.55. The van der Waals surface area contributed by atoms with Crippen molar-refractivity contribution in [3.05, 3.63) is 54.7 Å². The van der Waals surface area contributed by atoms with E-state index in [2.05, 4.69) is 32.2 Å². The smallest absolute Gasteiger partial charge is 0.220 e. The van der Waals surface area contributed by atoms with Crippen LogP contribution in [0.5, 0.6) is 0 Å². The number of aliphatic hydroxyl groups excluding tert-OH is 1. The van der Waals surface area contributed by atoms with E-state index in [1.807, 2.05) is 36.4 Å². The molecule has 1 aliphatic rings. The second kappa shape index (κ2) is 7.18. The number of anilines is 2. The molecule has 29 heavy (non-hydrogen) atoms. The Morgan fingerprint density at radius 3 is 2.90 bits per heavy atom. The monoisotopic (exact) mass is 387 g/mol. The van der Waals surface area contributed by atoms with Gasteiger partial charge >= 0.3 is 0 Å². The van der Waals surface area contributed by atoms with Crippen LogP contribution in [-0.4, -0.2) is 39.4 Å². The van der Waals surface area contributed by atoms with Crippen molar-refractivity contribution in [3.8, 4) is 22.6 Å². The molecule has 1 aliphatic heterocycles. The molecule has 3 heterocycles. The van der Waals surface area contributed by atoms with E-state index in [4.69, 9.17) is 10.3 Å². The fourth-order valence-electron chi connectivity index (χ4n) is 3.88. The van der Waals surface area contributed by atoms with Gasteiger partial charge in [-0.05, 0) is 43.2 Å². The van der Waals surface area contributed by atoms with Gasteiger partial charge in [0.1, 0.15) is 5.52 Å². The predicted octanol–water partition coefficient (Wildman–Crippen LogP) is 3.50. The van der Waals surface area contributed by atoms with E-state index in [9.17, 15) is 5.11 Å². The Morgan fingerprint density at radius 1 is 1.10 bits per heavy atom. The second-order valence-electron chi connectivity index (χ2n) is 7.34. The van der Waals surface area contributed by atoms with Crippen LogP contribution < -0.4 is 10.6 Å². The van der Waals surface area contributed by atoms with Crippen LogP contribution in [0.3, 0.4) is 0 Å². The molecule has 0 spiro atoms. The lowest BCUT2D eigenvalue weighted by Crippen LogP contribution is -2.38. The first-order valence-electron chi connectivity index (χ1n) is 9.69. The second-order valence-corrected chi connectivity index (χ2v) is 7.34. The molecular formula is C22H21N5O2. The molecule has 5 rings (SSSR count). The first-order chi connectivity index (χ1) is 14.2.